The summed E-state index contributed by atoms with van der Waals surface area (Å²) >= 11 is 15.4. The third-order valence-electron chi connectivity index (χ3n) is 2.47. The summed E-state index contributed by atoms with van der Waals surface area (Å²) in [6.07, 6.45) is 0. The summed E-state index contributed by atoms with van der Waals surface area (Å²) < 4.78 is 5.82. The number of rotatable bonds is 3. The zero-order valence-electron chi connectivity index (χ0n) is 9.71. The first-order valence-corrected chi connectivity index (χ1v) is 7.26. The zero-order valence-corrected chi connectivity index (χ0v) is 12.8. The van der Waals surface area contributed by atoms with Crippen LogP contribution in [0, 0.1) is 6.92 Å². The standard InChI is InChI=1S/C14H11BrCl2O/c1-9-2-4-13(10(6-9)8-15)18-14-5-3-11(16)7-12(14)17/h2-7H,8H2,1H3. The summed E-state index contributed by atoms with van der Waals surface area (Å²) in [6.45, 7) is 2.05. The SMILES string of the molecule is Cc1ccc(Oc2ccc(Cl)cc2Cl)c(CBr)c1. The van der Waals surface area contributed by atoms with Crippen molar-refractivity contribution < 1.29 is 4.74 Å². The van der Waals surface area contributed by atoms with Gasteiger partial charge in [-0.05, 0) is 31.2 Å². The molecular weight excluding hydrogens is 335 g/mol. The van der Waals surface area contributed by atoms with Gasteiger partial charge in [0.25, 0.3) is 0 Å². The number of aryl methyl sites for hydroxylation is 1. The van der Waals surface area contributed by atoms with Gasteiger partial charge in [-0.25, -0.2) is 0 Å². The maximum Gasteiger partial charge on any atom is 0.146 e. The molecule has 0 amide bonds. The Hall–Kier alpha value is -0.700. The zero-order chi connectivity index (χ0) is 13.1. The van der Waals surface area contributed by atoms with Crippen LogP contribution in [-0.2, 0) is 5.33 Å². The first kappa shape index (κ1) is 13.7. The van der Waals surface area contributed by atoms with Crippen LogP contribution in [0.1, 0.15) is 11.1 Å². The van der Waals surface area contributed by atoms with Gasteiger partial charge < -0.3 is 4.74 Å². The Bertz CT molecular complexity index is 570. The number of hydrogen-bond donors (Lipinski definition) is 0. The number of halogens is 3. The van der Waals surface area contributed by atoms with E-state index in [1.165, 1.54) is 5.56 Å². The quantitative estimate of drug-likeness (QED) is 0.621. The molecule has 0 saturated carbocycles. The van der Waals surface area contributed by atoms with Crippen molar-refractivity contribution in [3.63, 3.8) is 0 Å². The average Bonchev–Trinajstić information content (AvgIpc) is 2.34. The Labute approximate surface area is 125 Å². The number of benzene rings is 2. The fourth-order valence-electron chi connectivity index (χ4n) is 1.59. The van der Waals surface area contributed by atoms with Crippen LogP contribution in [0.4, 0.5) is 0 Å². The van der Waals surface area contributed by atoms with Crippen LogP contribution in [-0.4, -0.2) is 0 Å². The van der Waals surface area contributed by atoms with Crippen molar-refractivity contribution in [2.45, 2.75) is 12.3 Å². The Kier molecular flexibility index (Phi) is 4.55. The van der Waals surface area contributed by atoms with Gasteiger partial charge in [-0.15, -0.1) is 0 Å². The average molecular weight is 346 g/mol. The Morgan fingerprint density at radius 2 is 1.78 bits per heavy atom. The summed E-state index contributed by atoms with van der Waals surface area (Å²) in [5.41, 5.74) is 2.28. The van der Waals surface area contributed by atoms with Gasteiger partial charge in [0.05, 0.1) is 5.02 Å². The smallest absolute Gasteiger partial charge is 0.146 e. The Balaban J connectivity index is 2.33. The molecule has 2 aromatic rings. The molecule has 18 heavy (non-hydrogen) atoms. The molecule has 0 atom stereocenters. The highest BCUT2D eigenvalue weighted by atomic mass is 79.9. The van der Waals surface area contributed by atoms with E-state index in [1.807, 2.05) is 19.1 Å². The maximum atomic E-state index is 6.09. The molecule has 1 nitrogen and oxygen atoms in total. The lowest BCUT2D eigenvalue weighted by Gasteiger charge is -2.11. The van der Waals surface area contributed by atoms with Gasteiger partial charge >= 0.3 is 0 Å². The van der Waals surface area contributed by atoms with Crippen molar-refractivity contribution >= 4 is 39.1 Å². The molecule has 2 rings (SSSR count). The third-order valence-corrected chi connectivity index (χ3v) is 3.61. The van der Waals surface area contributed by atoms with Crippen molar-refractivity contribution in [2.75, 3.05) is 0 Å². The van der Waals surface area contributed by atoms with Gasteiger partial charge in [0.2, 0.25) is 0 Å². The van der Waals surface area contributed by atoms with E-state index in [0.717, 1.165) is 16.6 Å². The van der Waals surface area contributed by atoms with Gasteiger partial charge in [0.15, 0.2) is 0 Å². The Morgan fingerprint density at radius 1 is 1.06 bits per heavy atom. The normalized spacial score (nSPS) is 10.4. The fraction of sp³-hybridized carbons (Fsp3) is 0.143. The van der Waals surface area contributed by atoms with Gasteiger partial charge in [0, 0.05) is 15.9 Å². The summed E-state index contributed by atoms with van der Waals surface area (Å²) in [7, 11) is 0. The number of alkyl halides is 1. The lowest BCUT2D eigenvalue weighted by molar-refractivity contribution is 0.478. The van der Waals surface area contributed by atoms with E-state index in [9.17, 15) is 0 Å². The lowest BCUT2D eigenvalue weighted by atomic mass is 10.1. The minimum absolute atomic E-state index is 0.503. The number of hydrogen-bond acceptors (Lipinski definition) is 1. The molecule has 0 spiro atoms. The van der Waals surface area contributed by atoms with Crippen LogP contribution in [0.2, 0.25) is 10.0 Å². The van der Waals surface area contributed by atoms with E-state index in [2.05, 4.69) is 22.0 Å². The fourth-order valence-corrected chi connectivity index (χ4v) is 2.47. The molecule has 0 unspecified atom stereocenters. The van der Waals surface area contributed by atoms with Crippen LogP contribution in [0.3, 0.4) is 0 Å². The second-order valence-corrected chi connectivity index (χ2v) is 5.33. The first-order chi connectivity index (χ1) is 8.60. The molecule has 0 aromatic heterocycles. The van der Waals surface area contributed by atoms with Crippen molar-refractivity contribution in [2.24, 2.45) is 0 Å². The molecule has 2 aromatic carbocycles. The highest BCUT2D eigenvalue weighted by molar-refractivity contribution is 9.08. The molecule has 0 bridgehead atoms. The Morgan fingerprint density at radius 3 is 2.44 bits per heavy atom. The molecule has 0 aliphatic heterocycles. The van der Waals surface area contributed by atoms with Gasteiger partial charge in [-0.1, -0.05) is 56.8 Å². The summed E-state index contributed by atoms with van der Waals surface area (Å²) in [5, 5.41) is 1.83. The van der Waals surface area contributed by atoms with Crippen LogP contribution >= 0.6 is 39.1 Å². The highest BCUT2D eigenvalue weighted by Gasteiger charge is 2.07. The minimum atomic E-state index is 0.503. The summed E-state index contributed by atoms with van der Waals surface area (Å²) in [5.74, 6) is 1.40. The molecule has 0 fully saturated rings. The third kappa shape index (κ3) is 3.19. The lowest BCUT2D eigenvalue weighted by Crippen LogP contribution is -1.91. The molecule has 0 heterocycles. The van der Waals surface area contributed by atoms with Crippen molar-refractivity contribution in [3.05, 3.63) is 57.6 Å². The molecule has 0 aliphatic rings. The minimum Gasteiger partial charge on any atom is -0.455 e. The monoisotopic (exact) mass is 344 g/mol. The van der Waals surface area contributed by atoms with Crippen LogP contribution in [0.25, 0.3) is 0 Å². The predicted molar refractivity (Wildman–Crippen MR) is 80.3 cm³/mol. The second kappa shape index (κ2) is 5.96. The van der Waals surface area contributed by atoms with E-state index in [4.69, 9.17) is 27.9 Å². The van der Waals surface area contributed by atoms with Crippen LogP contribution < -0.4 is 4.74 Å². The molecule has 0 saturated heterocycles. The van der Waals surface area contributed by atoms with Gasteiger partial charge in [-0.2, -0.15) is 0 Å². The predicted octanol–water partition coefficient (Wildman–Crippen LogP) is 5.99. The second-order valence-electron chi connectivity index (χ2n) is 3.92. The molecule has 94 valence electrons. The molecule has 0 N–H and O–H groups in total. The largest absolute Gasteiger partial charge is 0.455 e. The van der Waals surface area contributed by atoms with Crippen LogP contribution in [0.5, 0.6) is 11.5 Å². The molecule has 0 aliphatic carbocycles. The first-order valence-electron chi connectivity index (χ1n) is 5.38. The maximum absolute atomic E-state index is 6.09. The summed E-state index contributed by atoms with van der Waals surface area (Å²) in [6, 6.07) is 11.2. The van der Waals surface area contributed by atoms with E-state index in [1.54, 1.807) is 18.2 Å². The van der Waals surface area contributed by atoms with Crippen molar-refractivity contribution in [1.82, 2.24) is 0 Å². The van der Waals surface area contributed by atoms with Gasteiger partial charge in [0.1, 0.15) is 11.5 Å². The molecule has 0 radical (unpaired) electrons. The van der Waals surface area contributed by atoms with Gasteiger partial charge in [-0.3, -0.25) is 0 Å². The van der Waals surface area contributed by atoms with Crippen LogP contribution in [0.15, 0.2) is 36.4 Å². The van der Waals surface area contributed by atoms with Crippen molar-refractivity contribution in [3.8, 4) is 11.5 Å². The van der Waals surface area contributed by atoms with E-state index >= 15 is 0 Å². The summed E-state index contributed by atoms with van der Waals surface area (Å²) in [4.78, 5) is 0. The van der Waals surface area contributed by atoms with E-state index in [-0.39, 0.29) is 0 Å². The number of ether oxygens (including phenoxy) is 1. The molecular formula is C14H11BrCl2O. The van der Waals surface area contributed by atoms with E-state index in [0.29, 0.717) is 15.8 Å². The molecule has 4 heteroatoms. The topological polar surface area (TPSA) is 9.23 Å². The highest BCUT2D eigenvalue weighted by Crippen LogP contribution is 2.34. The van der Waals surface area contributed by atoms with Crippen molar-refractivity contribution in [1.29, 1.82) is 0 Å². The van der Waals surface area contributed by atoms with E-state index < -0.39 is 0 Å².